The highest BCUT2D eigenvalue weighted by Gasteiger charge is 2.40. The third-order valence-corrected chi connectivity index (χ3v) is 8.46. The van der Waals surface area contributed by atoms with E-state index in [0.717, 1.165) is 31.4 Å². The summed E-state index contributed by atoms with van der Waals surface area (Å²) in [4.78, 5) is 16.1. The largest absolute Gasteiger partial charge is 0.513 e. The topological polar surface area (TPSA) is 118 Å². The van der Waals surface area contributed by atoms with E-state index in [1.807, 2.05) is 6.07 Å². The van der Waals surface area contributed by atoms with Crippen LogP contribution in [0.1, 0.15) is 38.4 Å². The van der Waals surface area contributed by atoms with E-state index in [1.165, 1.54) is 24.1 Å². The fraction of sp³-hybridized carbons (Fsp3) is 0.529. The van der Waals surface area contributed by atoms with Crippen molar-refractivity contribution < 1.29 is 26.7 Å². The Kier molecular flexibility index (Phi) is 9.06. The molecule has 0 spiro atoms. The highest BCUT2D eigenvalue weighted by atomic mass is 31.3. The molecule has 0 aliphatic heterocycles. The predicted octanol–water partition coefficient (Wildman–Crippen LogP) is 5.55. The molecule has 2 rings (SSSR count). The number of hydrogen-bond acceptors (Lipinski definition) is 8. The van der Waals surface area contributed by atoms with Crippen LogP contribution in [0.25, 0.3) is 17.3 Å². The molecule has 0 aromatic carbocycles. The Morgan fingerprint density at radius 1 is 1.24 bits per heavy atom. The molecule has 2 aromatic heterocycles. The van der Waals surface area contributed by atoms with Crippen LogP contribution in [0.5, 0.6) is 0 Å². The van der Waals surface area contributed by atoms with Crippen LogP contribution in [-0.4, -0.2) is 29.0 Å². The second-order valence-electron chi connectivity index (χ2n) is 6.41. The lowest BCUT2D eigenvalue weighted by atomic mass is 10.2. The summed E-state index contributed by atoms with van der Waals surface area (Å²) in [6.45, 7) is 4.61. The number of nitrogens with zero attached hydrogens (tertiary/aromatic N) is 2. The van der Waals surface area contributed by atoms with E-state index in [2.05, 4.69) is 11.9 Å². The molecule has 0 amide bonds. The molecule has 158 valence electrons. The molecule has 0 radical (unpaired) electrons. The van der Waals surface area contributed by atoms with Crippen LogP contribution in [-0.2, 0) is 28.7 Å². The minimum Gasteiger partial charge on any atom is -0.443 e. The summed E-state index contributed by atoms with van der Waals surface area (Å²) in [7, 11) is -8.11. The van der Waals surface area contributed by atoms with Gasteiger partial charge in [-0.05, 0) is 28.0 Å². The molecule has 29 heavy (non-hydrogen) atoms. The normalized spacial score (nSPS) is 15.0. The third kappa shape index (κ3) is 7.69. The van der Waals surface area contributed by atoms with E-state index in [-0.39, 0.29) is 12.6 Å². The molecule has 0 saturated heterocycles. The first-order valence-electron chi connectivity index (χ1n) is 9.21. The molecule has 0 aliphatic rings. The summed E-state index contributed by atoms with van der Waals surface area (Å²) >= 11 is 0. The Morgan fingerprint density at radius 2 is 1.93 bits per heavy atom. The van der Waals surface area contributed by atoms with Gasteiger partial charge in [0.2, 0.25) is 5.71 Å². The summed E-state index contributed by atoms with van der Waals surface area (Å²) < 4.78 is 51.6. The van der Waals surface area contributed by atoms with E-state index < -0.39 is 29.3 Å². The van der Waals surface area contributed by atoms with E-state index in [1.54, 1.807) is 12.3 Å². The standard InChI is InChI=1S/C17H25N2O7P3/c1-4-5-6-9-15-12-14-13-19(17(20)18-16(14)24-15)10-7-8-11-29(23,25-27(2)21)26-28(3)22/h7,10,12-13H,4-6,8-9,11H2,1-3H3/q+2/b10-7+. The molecule has 0 N–H and O–H groups in total. The van der Waals surface area contributed by atoms with Crippen molar-refractivity contribution >= 4 is 41.0 Å². The van der Waals surface area contributed by atoms with Crippen LogP contribution < -0.4 is 5.69 Å². The summed E-state index contributed by atoms with van der Waals surface area (Å²) in [5.41, 5.74) is -0.205. The molecule has 0 saturated carbocycles. The summed E-state index contributed by atoms with van der Waals surface area (Å²) in [6, 6.07) is 1.87. The van der Waals surface area contributed by atoms with Crippen molar-refractivity contribution in [2.75, 3.05) is 19.5 Å². The second kappa shape index (κ2) is 11.1. The molecule has 2 heterocycles. The Balaban J connectivity index is 2.08. The van der Waals surface area contributed by atoms with E-state index in [0.29, 0.717) is 11.1 Å². The monoisotopic (exact) mass is 462 g/mol. The minimum absolute atomic E-state index is 0.120. The highest BCUT2D eigenvalue weighted by Crippen LogP contribution is 2.59. The van der Waals surface area contributed by atoms with Gasteiger partial charge in [0, 0.05) is 18.8 Å². The SMILES string of the molecule is CCCCCc1cc2cn(/C=C/CCP(=O)(O[P+](C)=O)O[P+](C)=O)c(=O)nc2o1. The predicted molar refractivity (Wildman–Crippen MR) is 113 cm³/mol. The maximum Gasteiger partial charge on any atom is 0.513 e. The lowest BCUT2D eigenvalue weighted by Gasteiger charge is -2.03. The molecule has 12 heteroatoms. The van der Waals surface area contributed by atoms with Crippen molar-refractivity contribution in [2.45, 2.75) is 39.0 Å². The summed E-state index contributed by atoms with van der Waals surface area (Å²) in [5, 5.41) is 0.712. The number of rotatable bonds is 12. The molecule has 2 atom stereocenters. The molecular weight excluding hydrogens is 437 g/mol. The fourth-order valence-corrected chi connectivity index (χ4v) is 6.93. The first kappa shape index (κ1) is 23.8. The Labute approximate surface area is 170 Å². The zero-order valence-corrected chi connectivity index (χ0v) is 19.3. The van der Waals surface area contributed by atoms with Gasteiger partial charge in [0.25, 0.3) is 0 Å². The number of unbranched alkanes of at least 4 members (excludes halogenated alkanes) is 2. The van der Waals surface area contributed by atoms with Crippen LogP contribution in [0.2, 0.25) is 0 Å². The summed E-state index contributed by atoms with van der Waals surface area (Å²) in [6.07, 6.45) is 8.79. The van der Waals surface area contributed by atoms with Crippen LogP contribution in [0, 0.1) is 0 Å². The van der Waals surface area contributed by atoms with Gasteiger partial charge in [-0.25, -0.2) is 4.79 Å². The second-order valence-corrected chi connectivity index (χ2v) is 11.1. The fourth-order valence-electron chi connectivity index (χ4n) is 2.62. The van der Waals surface area contributed by atoms with Gasteiger partial charge in [-0.15, -0.1) is 0 Å². The molecule has 0 bridgehead atoms. The first-order chi connectivity index (χ1) is 13.7. The number of hydrogen-bond donors (Lipinski definition) is 0. The third-order valence-electron chi connectivity index (χ3n) is 3.83. The molecule has 0 aliphatic carbocycles. The van der Waals surface area contributed by atoms with Gasteiger partial charge in [0.05, 0.1) is 11.5 Å². The smallest absolute Gasteiger partial charge is 0.443 e. The molecule has 0 fully saturated rings. The molecule has 2 aromatic rings. The lowest BCUT2D eigenvalue weighted by molar-refractivity contribution is 0.394. The Hall–Kier alpha value is -1.49. The van der Waals surface area contributed by atoms with Gasteiger partial charge >= 0.3 is 29.3 Å². The zero-order valence-electron chi connectivity index (χ0n) is 16.6. The number of aromatic nitrogens is 2. The van der Waals surface area contributed by atoms with Crippen LogP contribution in [0.3, 0.4) is 0 Å². The maximum absolute atomic E-state index is 12.5. The molecule has 9 nitrogen and oxygen atoms in total. The maximum atomic E-state index is 12.5. The van der Waals surface area contributed by atoms with E-state index in [9.17, 15) is 18.5 Å². The van der Waals surface area contributed by atoms with Crippen LogP contribution >= 0.6 is 23.7 Å². The average molecular weight is 462 g/mol. The summed E-state index contributed by atoms with van der Waals surface area (Å²) in [5.74, 6) is 0.791. The van der Waals surface area contributed by atoms with Crippen LogP contribution in [0.4, 0.5) is 0 Å². The van der Waals surface area contributed by atoms with Crippen LogP contribution in [0.15, 0.2) is 27.6 Å². The zero-order chi connectivity index (χ0) is 21.4. The highest BCUT2D eigenvalue weighted by molar-refractivity contribution is 7.66. The van der Waals surface area contributed by atoms with Crippen molar-refractivity contribution in [1.29, 1.82) is 0 Å². The number of fused-ring (bicyclic) bond motifs is 1. The Morgan fingerprint density at radius 3 is 2.55 bits per heavy atom. The number of aryl methyl sites for hydroxylation is 1. The number of furan rings is 1. The van der Waals surface area contributed by atoms with Gasteiger partial charge in [-0.1, -0.05) is 34.5 Å². The molecular formula is C17H25N2O7P3+2. The van der Waals surface area contributed by atoms with Crippen molar-refractivity contribution in [2.24, 2.45) is 0 Å². The number of allylic oxidation sites excluding steroid dienone is 1. The molecule has 2 unspecified atom stereocenters. The van der Waals surface area contributed by atoms with Gasteiger partial charge in [0.15, 0.2) is 13.3 Å². The van der Waals surface area contributed by atoms with Crippen molar-refractivity contribution in [3.05, 3.63) is 34.6 Å². The van der Waals surface area contributed by atoms with Crippen molar-refractivity contribution in [1.82, 2.24) is 9.55 Å². The van der Waals surface area contributed by atoms with Gasteiger partial charge in [-0.3, -0.25) is 9.13 Å². The average Bonchev–Trinajstić information content (AvgIpc) is 2.98. The van der Waals surface area contributed by atoms with Gasteiger partial charge in [0.1, 0.15) is 5.76 Å². The van der Waals surface area contributed by atoms with Gasteiger partial charge in [-0.2, -0.15) is 4.98 Å². The van der Waals surface area contributed by atoms with Crippen molar-refractivity contribution in [3.63, 3.8) is 0 Å². The van der Waals surface area contributed by atoms with E-state index >= 15 is 0 Å². The quantitative estimate of drug-likeness (QED) is 0.297. The van der Waals surface area contributed by atoms with E-state index in [4.69, 9.17) is 13.0 Å². The first-order valence-corrected chi connectivity index (χ1v) is 14.2. The van der Waals surface area contributed by atoms with Gasteiger partial charge < -0.3 is 4.42 Å². The lowest BCUT2D eigenvalue weighted by Crippen LogP contribution is -2.17. The minimum atomic E-state index is -3.75. The Bertz CT molecular complexity index is 992. The van der Waals surface area contributed by atoms with Crippen molar-refractivity contribution in [3.8, 4) is 0 Å².